The van der Waals surface area contributed by atoms with Crippen molar-refractivity contribution in [1.82, 2.24) is 5.32 Å². The van der Waals surface area contributed by atoms with Gasteiger partial charge in [-0.15, -0.1) is 0 Å². The van der Waals surface area contributed by atoms with Crippen molar-refractivity contribution in [3.63, 3.8) is 0 Å². The Morgan fingerprint density at radius 1 is 1.44 bits per heavy atom. The van der Waals surface area contributed by atoms with Gasteiger partial charge in [-0.1, -0.05) is 37.3 Å². The van der Waals surface area contributed by atoms with Gasteiger partial charge in [-0.05, 0) is 30.4 Å². The Balaban J connectivity index is 1.80. The van der Waals surface area contributed by atoms with Gasteiger partial charge < -0.3 is 5.32 Å². The first-order chi connectivity index (χ1) is 7.81. The van der Waals surface area contributed by atoms with Gasteiger partial charge >= 0.3 is 0 Å². The van der Waals surface area contributed by atoms with Crippen LogP contribution in [-0.2, 0) is 0 Å². The lowest BCUT2D eigenvalue weighted by Crippen LogP contribution is -2.23. The molecule has 3 atom stereocenters. The van der Waals surface area contributed by atoms with Gasteiger partial charge in [-0.25, -0.2) is 0 Å². The summed E-state index contributed by atoms with van der Waals surface area (Å²) in [6, 6.07) is 12.4. The molecule has 0 spiro atoms. The lowest BCUT2D eigenvalue weighted by atomic mass is 10.0. The zero-order valence-corrected chi connectivity index (χ0v) is 9.69. The second-order valence-electron chi connectivity index (χ2n) is 4.72. The zero-order valence-electron chi connectivity index (χ0n) is 9.69. The number of rotatable bonds is 5. The van der Waals surface area contributed by atoms with Gasteiger partial charge in [0.25, 0.3) is 0 Å². The Labute approximate surface area is 97.3 Å². The third kappa shape index (κ3) is 2.84. The van der Waals surface area contributed by atoms with E-state index in [2.05, 4.69) is 18.3 Å². The molecule has 0 aromatic heterocycles. The number of benzene rings is 1. The summed E-state index contributed by atoms with van der Waals surface area (Å²) in [6.45, 7) is 4.11. The molecule has 1 aromatic rings. The molecule has 3 unspecified atom stereocenters. The molecular formula is C14H18N2. The van der Waals surface area contributed by atoms with E-state index in [9.17, 15) is 0 Å². The predicted molar refractivity (Wildman–Crippen MR) is 64.9 cm³/mol. The van der Waals surface area contributed by atoms with Crippen molar-refractivity contribution in [3.05, 3.63) is 35.9 Å². The predicted octanol–water partition coefficient (Wildman–Crippen LogP) is 2.54. The van der Waals surface area contributed by atoms with Gasteiger partial charge in [0.15, 0.2) is 0 Å². The van der Waals surface area contributed by atoms with Gasteiger partial charge in [0.2, 0.25) is 0 Å². The van der Waals surface area contributed by atoms with Crippen molar-refractivity contribution in [2.24, 2.45) is 11.8 Å². The highest BCUT2D eigenvalue weighted by molar-refractivity contribution is 5.25. The minimum atomic E-state index is -0.0183. The summed E-state index contributed by atoms with van der Waals surface area (Å²) in [4.78, 5) is 0. The first kappa shape index (κ1) is 11.2. The van der Waals surface area contributed by atoms with Crippen LogP contribution in [0.25, 0.3) is 0 Å². The maximum absolute atomic E-state index is 9.12. The molecule has 0 radical (unpaired) electrons. The Kier molecular flexibility index (Phi) is 3.58. The van der Waals surface area contributed by atoms with Crippen LogP contribution in [0.1, 0.15) is 24.8 Å². The Morgan fingerprint density at radius 3 is 2.69 bits per heavy atom. The summed E-state index contributed by atoms with van der Waals surface area (Å²) < 4.78 is 0. The molecule has 0 bridgehead atoms. The fourth-order valence-electron chi connectivity index (χ4n) is 2.02. The molecule has 0 heterocycles. The topological polar surface area (TPSA) is 35.8 Å². The van der Waals surface area contributed by atoms with E-state index in [1.807, 2.05) is 30.3 Å². The van der Waals surface area contributed by atoms with E-state index in [4.69, 9.17) is 5.26 Å². The third-order valence-electron chi connectivity index (χ3n) is 3.39. The minimum absolute atomic E-state index is 0.0183. The van der Waals surface area contributed by atoms with Crippen molar-refractivity contribution in [1.29, 1.82) is 5.26 Å². The van der Waals surface area contributed by atoms with Crippen molar-refractivity contribution in [2.75, 3.05) is 13.1 Å². The van der Waals surface area contributed by atoms with Crippen LogP contribution < -0.4 is 5.32 Å². The molecule has 84 valence electrons. The highest BCUT2D eigenvalue weighted by Crippen LogP contribution is 2.36. The Bertz CT molecular complexity index is 366. The van der Waals surface area contributed by atoms with Crippen LogP contribution in [0.3, 0.4) is 0 Å². The van der Waals surface area contributed by atoms with Gasteiger partial charge in [0.1, 0.15) is 0 Å². The van der Waals surface area contributed by atoms with Crippen LogP contribution in [0.5, 0.6) is 0 Å². The van der Waals surface area contributed by atoms with Crippen molar-refractivity contribution < 1.29 is 0 Å². The first-order valence-electron chi connectivity index (χ1n) is 5.96. The minimum Gasteiger partial charge on any atom is -0.315 e. The van der Waals surface area contributed by atoms with Crippen LogP contribution in [0.2, 0.25) is 0 Å². The van der Waals surface area contributed by atoms with Crippen LogP contribution in [0.15, 0.2) is 30.3 Å². The fraction of sp³-hybridized carbons (Fsp3) is 0.500. The molecule has 1 N–H and O–H groups in total. The smallest absolute Gasteiger partial charge is 0.0837 e. The Hall–Kier alpha value is -1.33. The average Bonchev–Trinajstić information content (AvgIpc) is 3.02. The average molecular weight is 214 g/mol. The lowest BCUT2D eigenvalue weighted by Gasteiger charge is -2.10. The molecule has 2 heteroatoms. The van der Waals surface area contributed by atoms with Crippen molar-refractivity contribution >= 4 is 0 Å². The van der Waals surface area contributed by atoms with Crippen LogP contribution >= 0.6 is 0 Å². The molecule has 1 aliphatic rings. The van der Waals surface area contributed by atoms with Crippen LogP contribution in [0, 0.1) is 23.2 Å². The van der Waals surface area contributed by atoms with E-state index in [0.29, 0.717) is 0 Å². The van der Waals surface area contributed by atoms with Gasteiger partial charge in [0, 0.05) is 6.54 Å². The van der Waals surface area contributed by atoms with E-state index >= 15 is 0 Å². The van der Waals surface area contributed by atoms with E-state index < -0.39 is 0 Å². The summed E-state index contributed by atoms with van der Waals surface area (Å²) in [5.74, 6) is 1.70. The summed E-state index contributed by atoms with van der Waals surface area (Å²) in [6.07, 6.45) is 1.34. The normalized spacial score (nSPS) is 24.8. The van der Waals surface area contributed by atoms with E-state index in [0.717, 1.165) is 30.5 Å². The number of hydrogen-bond acceptors (Lipinski definition) is 2. The molecular weight excluding hydrogens is 196 g/mol. The Morgan fingerprint density at radius 2 is 2.12 bits per heavy atom. The standard InChI is InChI=1S/C14H18N2/c1-11-7-13(11)9-16-10-14(8-15)12-5-3-2-4-6-12/h2-6,11,13-14,16H,7,9-10H2,1H3. The molecule has 1 saturated carbocycles. The maximum Gasteiger partial charge on any atom is 0.0837 e. The lowest BCUT2D eigenvalue weighted by molar-refractivity contribution is 0.594. The number of nitriles is 1. The first-order valence-corrected chi connectivity index (χ1v) is 5.96. The highest BCUT2D eigenvalue weighted by Gasteiger charge is 2.31. The molecule has 0 aliphatic heterocycles. The third-order valence-corrected chi connectivity index (χ3v) is 3.39. The number of hydrogen-bond donors (Lipinski definition) is 1. The molecule has 1 fully saturated rings. The van der Waals surface area contributed by atoms with E-state index in [-0.39, 0.29) is 5.92 Å². The van der Waals surface area contributed by atoms with Gasteiger partial charge in [-0.2, -0.15) is 5.26 Å². The van der Waals surface area contributed by atoms with Gasteiger partial charge in [0.05, 0.1) is 12.0 Å². The second kappa shape index (κ2) is 5.14. The van der Waals surface area contributed by atoms with Crippen molar-refractivity contribution in [2.45, 2.75) is 19.3 Å². The number of nitrogens with one attached hydrogen (secondary N) is 1. The summed E-state index contributed by atoms with van der Waals surface area (Å²) in [7, 11) is 0. The summed E-state index contributed by atoms with van der Waals surface area (Å²) in [5, 5.41) is 12.5. The molecule has 2 nitrogen and oxygen atoms in total. The fourth-order valence-corrected chi connectivity index (χ4v) is 2.02. The van der Waals surface area contributed by atoms with Crippen molar-refractivity contribution in [3.8, 4) is 6.07 Å². The molecule has 2 rings (SSSR count). The van der Waals surface area contributed by atoms with E-state index in [1.165, 1.54) is 6.42 Å². The molecule has 0 saturated heterocycles. The molecule has 0 amide bonds. The molecule has 1 aliphatic carbocycles. The summed E-state index contributed by atoms with van der Waals surface area (Å²) >= 11 is 0. The number of nitrogens with zero attached hydrogens (tertiary/aromatic N) is 1. The SMILES string of the molecule is CC1CC1CNCC(C#N)c1ccccc1. The largest absolute Gasteiger partial charge is 0.315 e. The second-order valence-corrected chi connectivity index (χ2v) is 4.72. The van der Waals surface area contributed by atoms with E-state index in [1.54, 1.807) is 0 Å². The van der Waals surface area contributed by atoms with Gasteiger partial charge in [-0.3, -0.25) is 0 Å². The molecule has 1 aromatic carbocycles. The van der Waals surface area contributed by atoms with Crippen LogP contribution in [-0.4, -0.2) is 13.1 Å². The summed E-state index contributed by atoms with van der Waals surface area (Å²) in [5.41, 5.74) is 1.11. The quantitative estimate of drug-likeness (QED) is 0.817. The monoisotopic (exact) mass is 214 g/mol. The zero-order chi connectivity index (χ0) is 11.4. The van der Waals surface area contributed by atoms with Crippen LogP contribution in [0.4, 0.5) is 0 Å². The maximum atomic E-state index is 9.12. The highest BCUT2D eigenvalue weighted by atomic mass is 14.9. The molecule has 16 heavy (non-hydrogen) atoms.